The van der Waals surface area contributed by atoms with Crippen LogP contribution in [0.4, 0.5) is 17.3 Å². The minimum absolute atomic E-state index is 0.0355. The lowest BCUT2D eigenvalue weighted by Gasteiger charge is -2.09. The quantitative estimate of drug-likeness (QED) is 0.416. The van der Waals surface area contributed by atoms with Gasteiger partial charge in [-0.2, -0.15) is 0 Å². The van der Waals surface area contributed by atoms with E-state index in [2.05, 4.69) is 29.6 Å². The number of rotatable bonds is 4. The third kappa shape index (κ3) is 2.28. The molecule has 1 atom stereocenters. The molecular formula is C10H15N5O2. The van der Waals surface area contributed by atoms with E-state index in [1.54, 1.807) is 0 Å². The predicted molar refractivity (Wildman–Crippen MR) is 64.5 cm³/mol. The lowest BCUT2D eigenvalue weighted by atomic mass is 10.2. The van der Waals surface area contributed by atoms with Gasteiger partial charge in [-0.3, -0.25) is 10.1 Å². The van der Waals surface area contributed by atoms with Gasteiger partial charge < -0.3 is 10.7 Å². The smallest absolute Gasteiger partial charge is 0.311 e. The summed E-state index contributed by atoms with van der Waals surface area (Å²) >= 11 is 0. The van der Waals surface area contributed by atoms with Crippen molar-refractivity contribution in [1.29, 1.82) is 0 Å². The number of hydrazine groups is 1. The van der Waals surface area contributed by atoms with E-state index in [9.17, 15) is 10.1 Å². The summed E-state index contributed by atoms with van der Waals surface area (Å²) in [4.78, 5) is 14.5. The molecule has 1 heterocycles. The molecule has 1 saturated carbocycles. The molecule has 7 nitrogen and oxygen atoms in total. The van der Waals surface area contributed by atoms with Crippen molar-refractivity contribution in [3.05, 3.63) is 22.2 Å². The van der Waals surface area contributed by atoms with Crippen LogP contribution in [0.15, 0.2) is 12.1 Å². The molecule has 0 spiro atoms. The number of hydrogen-bond acceptors (Lipinski definition) is 6. The van der Waals surface area contributed by atoms with Gasteiger partial charge in [0.25, 0.3) is 0 Å². The summed E-state index contributed by atoms with van der Waals surface area (Å²) in [6.07, 6.45) is 0.978. The molecule has 1 aliphatic carbocycles. The molecule has 0 radical (unpaired) electrons. The second-order valence-corrected chi connectivity index (χ2v) is 4.86. The van der Waals surface area contributed by atoms with Crippen LogP contribution in [0.5, 0.6) is 0 Å². The van der Waals surface area contributed by atoms with Crippen LogP contribution < -0.4 is 16.6 Å². The Morgan fingerprint density at radius 3 is 2.71 bits per heavy atom. The molecule has 7 heteroatoms. The maximum atomic E-state index is 10.9. The third-order valence-electron chi connectivity index (χ3n) is 3.04. The van der Waals surface area contributed by atoms with Crippen LogP contribution in [-0.2, 0) is 0 Å². The zero-order chi connectivity index (χ0) is 12.6. The van der Waals surface area contributed by atoms with E-state index in [1.807, 2.05) is 0 Å². The number of nitro groups is 1. The van der Waals surface area contributed by atoms with Gasteiger partial charge >= 0.3 is 5.69 Å². The summed E-state index contributed by atoms with van der Waals surface area (Å²) in [7, 11) is 0. The highest BCUT2D eigenvalue weighted by atomic mass is 16.6. The number of pyridine rings is 1. The van der Waals surface area contributed by atoms with Crippen LogP contribution >= 0.6 is 0 Å². The molecular weight excluding hydrogens is 222 g/mol. The zero-order valence-corrected chi connectivity index (χ0v) is 9.73. The maximum Gasteiger partial charge on any atom is 0.311 e. The average Bonchev–Trinajstić information content (AvgIpc) is 2.85. The first-order chi connectivity index (χ1) is 7.94. The number of nitrogens with zero attached hydrogens (tertiary/aromatic N) is 2. The topological polar surface area (TPSA) is 106 Å². The molecule has 2 rings (SSSR count). The van der Waals surface area contributed by atoms with Crippen molar-refractivity contribution < 1.29 is 4.92 Å². The van der Waals surface area contributed by atoms with E-state index in [0.29, 0.717) is 5.82 Å². The molecule has 1 fully saturated rings. The summed E-state index contributed by atoms with van der Waals surface area (Å²) in [6.45, 7) is 4.20. The van der Waals surface area contributed by atoms with Gasteiger partial charge in [0.1, 0.15) is 5.82 Å². The molecule has 0 bridgehead atoms. The number of hydrogen-bond donors (Lipinski definition) is 3. The minimum atomic E-state index is -0.453. The number of anilines is 2. The van der Waals surface area contributed by atoms with Crippen LogP contribution in [-0.4, -0.2) is 15.9 Å². The van der Waals surface area contributed by atoms with Crippen molar-refractivity contribution >= 4 is 17.3 Å². The lowest BCUT2D eigenvalue weighted by Crippen LogP contribution is -2.14. The van der Waals surface area contributed by atoms with Crippen molar-refractivity contribution in [3.8, 4) is 0 Å². The summed E-state index contributed by atoms with van der Waals surface area (Å²) in [5.41, 5.74) is 2.51. The second kappa shape index (κ2) is 3.85. The van der Waals surface area contributed by atoms with Gasteiger partial charge in [-0.15, -0.1) is 0 Å². The van der Waals surface area contributed by atoms with Gasteiger partial charge in [0, 0.05) is 12.1 Å². The van der Waals surface area contributed by atoms with E-state index in [1.165, 1.54) is 12.1 Å². The SMILES string of the molecule is CC1(C)CC1Nc1nc(NN)ccc1[N+](=O)[O-]. The summed E-state index contributed by atoms with van der Waals surface area (Å²) in [5, 5.41) is 13.9. The van der Waals surface area contributed by atoms with E-state index in [0.717, 1.165) is 6.42 Å². The number of aromatic nitrogens is 1. The van der Waals surface area contributed by atoms with Gasteiger partial charge in [0.05, 0.1) is 4.92 Å². The predicted octanol–water partition coefficient (Wildman–Crippen LogP) is 1.49. The normalized spacial score (nSPS) is 20.8. The first kappa shape index (κ1) is 11.6. The van der Waals surface area contributed by atoms with Gasteiger partial charge in [0.2, 0.25) is 5.82 Å². The Balaban J connectivity index is 2.26. The molecule has 92 valence electrons. The molecule has 1 aliphatic rings. The minimum Gasteiger partial charge on any atom is -0.361 e. The first-order valence-corrected chi connectivity index (χ1v) is 5.32. The highest BCUT2D eigenvalue weighted by Crippen LogP contribution is 2.47. The monoisotopic (exact) mass is 237 g/mol. The van der Waals surface area contributed by atoms with Crippen LogP contribution in [0.3, 0.4) is 0 Å². The van der Waals surface area contributed by atoms with Gasteiger partial charge in [-0.1, -0.05) is 13.8 Å². The molecule has 0 aromatic carbocycles. The van der Waals surface area contributed by atoms with Crippen molar-refractivity contribution in [1.82, 2.24) is 4.98 Å². The lowest BCUT2D eigenvalue weighted by molar-refractivity contribution is -0.384. The van der Waals surface area contributed by atoms with Gasteiger partial charge in [-0.05, 0) is 17.9 Å². The Morgan fingerprint density at radius 2 is 2.24 bits per heavy atom. The van der Waals surface area contributed by atoms with Crippen LogP contribution in [0.1, 0.15) is 20.3 Å². The average molecular weight is 237 g/mol. The van der Waals surface area contributed by atoms with Crippen molar-refractivity contribution in [2.75, 3.05) is 10.7 Å². The second-order valence-electron chi connectivity index (χ2n) is 4.86. The van der Waals surface area contributed by atoms with Crippen molar-refractivity contribution in [2.24, 2.45) is 11.3 Å². The summed E-state index contributed by atoms with van der Waals surface area (Å²) < 4.78 is 0. The largest absolute Gasteiger partial charge is 0.361 e. The summed E-state index contributed by atoms with van der Waals surface area (Å²) in [6, 6.07) is 3.09. The number of nitrogens with one attached hydrogen (secondary N) is 2. The Hall–Kier alpha value is -1.89. The van der Waals surface area contributed by atoms with Crippen molar-refractivity contribution in [2.45, 2.75) is 26.3 Å². The molecule has 0 aliphatic heterocycles. The standard InChI is InChI=1S/C10H15N5O2/c1-10(2)5-7(10)12-9-6(15(16)17)3-4-8(13-9)14-11/h3-4,7H,5,11H2,1-2H3,(H2,12,13,14). The molecule has 0 saturated heterocycles. The molecule has 0 amide bonds. The highest BCUT2D eigenvalue weighted by molar-refractivity contribution is 5.61. The van der Waals surface area contributed by atoms with E-state index in [4.69, 9.17) is 5.84 Å². The Labute approximate surface area is 98.5 Å². The maximum absolute atomic E-state index is 10.9. The number of nitrogen functional groups attached to an aromatic ring is 1. The Morgan fingerprint density at radius 1 is 1.59 bits per heavy atom. The first-order valence-electron chi connectivity index (χ1n) is 5.32. The van der Waals surface area contributed by atoms with Gasteiger partial charge in [-0.25, -0.2) is 10.8 Å². The fraction of sp³-hybridized carbons (Fsp3) is 0.500. The van der Waals surface area contributed by atoms with Crippen LogP contribution in [0, 0.1) is 15.5 Å². The fourth-order valence-electron chi connectivity index (χ4n) is 1.66. The molecule has 4 N–H and O–H groups in total. The van der Waals surface area contributed by atoms with E-state index in [-0.39, 0.29) is 23.0 Å². The van der Waals surface area contributed by atoms with Crippen LogP contribution in [0.2, 0.25) is 0 Å². The number of nitrogens with two attached hydrogens (primary N) is 1. The molecule has 1 aromatic heterocycles. The van der Waals surface area contributed by atoms with E-state index < -0.39 is 4.92 Å². The van der Waals surface area contributed by atoms with Crippen LogP contribution in [0.25, 0.3) is 0 Å². The van der Waals surface area contributed by atoms with E-state index >= 15 is 0 Å². The zero-order valence-electron chi connectivity index (χ0n) is 9.73. The Kier molecular flexibility index (Phi) is 2.62. The molecule has 17 heavy (non-hydrogen) atoms. The highest BCUT2D eigenvalue weighted by Gasteiger charge is 2.46. The molecule has 1 aromatic rings. The van der Waals surface area contributed by atoms with Gasteiger partial charge in [0.15, 0.2) is 0 Å². The Bertz CT molecular complexity index is 460. The fourth-order valence-corrected chi connectivity index (χ4v) is 1.66. The third-order valence-corrected chi connectivity index (χ3v) is 3.04. The summed E-state index contributed by atoms with van der Waals surface area (Å²) in [5.74, 6) is 5.90. The molecule has 1 unspecified atom stereocenters. The van der Waals surface area contributed by atoms with Crippen molar-refractivity contribution in [3.63, 3.8) is 0 Å².